The second-order valence-electron chi connectivity index (χ2n) is 10.2. The Kier molecular flexibility index (Phi) is 4.81. The summed E-state index contributed by atoms with van der Waals surface area (Å²) in [7, 11) is 0. The van der Waals surface area contributed by atoms with Crippen LogP contribution < -0.4 is 25.8 Å². The molecule has 2 aromatic rings. The number of halogens is 2. The van der Waals surface area contributed by atoms with Crippen molar-refractivity contribution in [2.24, 2.45) is 28.9 Å². The number of alkyl halides is 2. The average Bonchev–Trinajstić information content (AvgIpc) is 3.13. The van der Waals surface area contributed by atoms with Crippen LogP contribution in [0.15, 0.2) is 24.4 Å². The first-order valence-corrected chi connectivity index (χ1v) is 11.7. The highest BCUT2D eigenvalue weighted by Gasteiger charge is 2.54. The van der Waals surface area contributed by atoms with Crippen molar-refractivity contribution in [3.63, 3.8) is 0 Å². The Hall–Kier alpha value is -3.19. The fourth-order valence-electron chi connectivity index (χ4n) is 6.74. The van der Waals surface area contributed by atoms with Crippen molar-refractivity contribution < 1.29 is 18.3 Å². The fraction of sp³-hybridized carbons (Fsp3) is 0.542. The molecule has 1 aliphatic heterocycles. The van der Waals surface area contributed by atoms with Gasteiger partial charge in [-0.1, -0.05) is 12.1 Å². The number of hydrogen-bond acceptors (Lipinski definition) is 8. The molecule has 4 N–H and O–H groups in total. The number of rotatable bonds is 6. The van der Waals surface area contributed by atoms with Gasteiger partial charge < -0.3 is 25.8 Å². The van der Waals surface area contributed by atoms with E-state index in [1.165, 1.54) is 31.5 Å². The first-order chi connectivity index (χ1) is 16.3. The molecule has 5 aliphatic rings. The molecule has 178 valence electrons. The molecule has 10 heteroatoms. The standard InChI is InChI=1S/C24H26F2N6O2/c25-24(26)33-18-3-1-2-14(20(18)34-24)10-29-22-30-11-17(9-27)21(32-22)31-12-23-6-13-4-15(7-23)19(28)16(5-13)8-23/h1-3,11,13,15-16,19H,4-8,10,12,28H2,(H2,29,30,31,32)/t13?,15-,16+,19-,23-. The first kappa shape index (κ1) is 21.4. The number of para-hydroxylation sites is 1. The highest BCUT2D eigenvalue weighted by Crippen LogP contribution is 2.59. The Morgan fingerprint density at radius 2 is 1.94 bits per heavy atom. The summed E-state index contributed by atoms with van der Waals surface area (Å²) in [6.07, 6.45) is 3.72. The molecule has 7 rings (SSSR count). The van der Waals surface area contributed by atoms with Crippen LogP contribution in [0.2, 0.25) is 0 Å². The maximum absolute atomic E-state index is 13.5. The molecule has 4 fully saturated rings. The highest BCUT2D eigenvalue weighted by atomic mass is 19.3. The summed E-state index contributed by atoms with van der Waals surface area (Å²) in [5.41, 5.74) is 7.53. The van der Waals surface area contributed by atoms with Gasteiger partial charge in [0, 0.05) is 24.7 Å². The highest BCUT2D eigenvalue weighted by molar-refractivity contribution is 5.54. The predicted molar refractivity (Wildman–Crippen MR) is 119 cm³/mol. The van der Waals surface area contributed by atoms with Crippen molar-refractivity contribution in [3.8, 4) is 17.6 Å². The third kappa shape index (κ3) is 3.68. The van der Waals surface area contributed by atoms with E-state index < -0.39 is 6.29 Å². The van der Waals surface area contributed by atoms with Gasteiger partial charge in [0.2, 0.25) is 5.95 Å². The van der Waals surface area contributed by atoms with Crippen LogP contribution in [0.4, 0.5) is 20.5 Å². The van der Waals surface area contributed by atoms with Gasteiger partial charge in [0.05, 0.1) is 6.20 Å². The van der Waals surface area contributed by atoms with Crippen LogP contribution >= 0.6 is 0 Å². The van der Waals surface area contributed by atoms with Crippen molar-refractivity contribution in [2.45, 2.75) is 51.0 Å². The van der Waals surface area contributed by atoms with Crippen LogP contribution in [0.25, 0.3) is 0 Å². The minimum atomic E-state index is -3.68. The minimum absolute atomic E-state index is 0.00739. The Labute approximate surface area is 195 Å². The summed E-state index contributed by atoms with van der Waals surface area (Å²) in [5.74, 6) is 2.69. The summed E-state index contributed by atoms with van der Waals surface area (Å²) >= 11 is 0. The molecule has 0 radical (unpaired) electrons. The lowest BCUT2D eigenvalue weighted by atomic mass is 9.48. The summed E-state index contributed by atoms with van der Waals surface area (Å²) in [4.78, 5) is 8.72. The van der Waals surface area contributed by atoms with Crippen LogP contribution in [0, 0.1) is 34.5 Å². The van der Waals surface area contributed by atoms with Crippen LogP contribution in [-0.2, 0) is 6.54 Å². The Balaban J connectivity index is 1.16. The first-order valence-electron chi connectivity index (χ1n) is 11.7. The molecule has 5 atom stereocenters. The zero-order valence-corrected chi connectivity index (χ0v) is 18.6. The predicted octanol–water partition coefficient (Wildman–Crippen LogP) is 3.85. The van der Waals surface area contributed by atoms with Gasteiger partial charge in [0.15, 0.2) is 11.5 Å². The molecule has 0 saturated heterocycles. The van der Waals surface area contributed by atoms with Crippen molar-refractivity contribution >= 4 is 11.8 Å². The lowest BCUT2D eigenvalue weighted by Crippen LogP contribution is -2.58. The molecule has 4 saturated carbocycles. The molecule has 4 aliphatic carbocycles. The van der Waals surface area contributed by atoms with Gasteiger partial charge in [-0.15, -0.1) is 8.78 Å². The van der Waals surface area contributed by atoms with Gasteiger partial charge in [-0.05, 0) is 61.3 Å². The number of anilines is 2. The number of nitrogens with two attached hydrogens (primary N) is 1. The van der Waals surface area contributed by atoms with Crippen LogP contribution in [0.5, 0.6) is 11.5 Å². The summed E-state index contributed by atoms with van der Waals surface area (Å²) < 4.78 is 36.1. The Morgan fingerprint density at radius 1 is 1.15 bits per heavy atom. The molecular formula is C24H26F2N6O2. The number of nitriles is 1. The van der Waals surface area contributed by atoms with Crippen LogP contribution in [0.3, 0.4) is 0 Å². The van der Waals surface area contributed by atoms with Gasteiger partial charge in [-0.25, -0.2) is 4.98 Å². The van der Waals surface area contributed by atoms with Crippen LogP contribution in [0.1, 0.15) is 43.2 Å². The van der Waals surface area contributed by atoms with E-state index in [9.17, 15) is 14.0 Å². The van der Waals surface area contributed by atoms with Crippen LogP contribution in [-0.4, -0.2) is 28.8 Å². The Morgan fingerprint density at radius 3 is 2.71 bits per heavy atom. The second kappa shape index (κ2) is 7.67. The second-order valence-corrected chi connectivity index (χ2v) is 10.2. The average molecular weight is 469 g/mol. The number of fused-ring (bicyclic) bond motifs is 1. The number of benzene rings is 1. The third-order valence-corrected chi connectivity index (χ3v) is 7.96. The molecule has 1 aromatic carbocycles. The Bertz CT molecular complexity index is 1150. The molecular weight excluding hydrogens is 442 g/mol. The normalized spacial score (nSPS) is 31.8. The minimum Gasteiger partial charge on any atom is -0.395 e. The lowest BCUT2D eigenvalue weighted by molar-refractivity contribution is -0.286. The monoisotopic (exact) mass is 468 g/mol. The zero-order valence-electron chi connectivity index (χ0n) is 18.6. The number of nitrogens with one attached hydrogen (secondary N) is 2. The van der Waals surface area contributed by atoms with Gasteiger partial charge in [-0.2, -0.15) is 10.2 Å². The maximum Gasteiger partial charge on any atom is 0.586 e. The molecule has 2 heterocycles. The maximum atomic E-state index is 13.5. The quantitative estimate of drug-likeness (QED) is 0.585. The number of aromatic nitrogens is 2. The molecule has 0 spiro atoms. The van der Waals surface area contributed by atoms with Gasteiger partial charge in [0.25, 0.3) is 0 Å². The topological polar surface area (TPSA) is 118 Å². The van der Waals surface area contributed by atoms with E-state index in [1.54, 1.807) is 12.1 Å². The zero-order chi connectivity index (χ0) is 23.5. The van der Waals surface area contributed by atoms with E-state index in [2.05, 4.69) is 36.1 Å². The third-order valence-electron chi connectivity index (χ3n) is 7.96. The van der Waals surface area contributed by atoms with Crippen molar-refractivity contribution in [1.29, 1.82) is 5.26 Å². The summed E-state index contributed by atoms with van der Waals surface area (Å²) in [6, 6.07) is 7.18. The van der Waals surface area contributed by atoms with Gasteiger partial charge >= 0.3 is 6.29 Å². The summed E-state index contributed by atoms with van der Waals surface area (Å²) in [5, 5.41) is 16.0. The molecule has 0 amide bonds. The van der Waals surface area contributed by atoms with Crippen molar-refractivity contribution in [3.05, 3.63) is 35.5 Å². The summed E-state index contributed by atoms with van der Waals surface area (Å²) in [6.45, 7) is 0.904. The molecule has 8 nitrogen and oxygen atoms in total. The van der Waals surface area contributed by atoms with E-state index >= 15 is 0 Å². The number of nitrogens with zero attached hydrogens (tertiary/aromatic N) is 3. The molecule has 4 bridgehead atoms. The van der Waals surface area contributed by atoms with E-state index in [1.807, 2.05) is 0 Å². The van der Waals surface area contributed by atoms with E-state index in [-0.39, 0.29) is 29.4 Å². The van der Waals surface area contributed by atoms with Gasteiger partial charge in [-0.3, -0.25) is 0 Å². The van der Waals surface area contributed by atoms with Crippen molar-refractivity contribution in [2.75, 3.05) is 17.2 Å². The molecule has 34 heavy (non-hydrogen) atoms. The van der Waals surface area contributed by atoms with E-state index in [4.69, 9.17) is 5.73 Å². The number of ether oxygens (including phenoxy) is 2. The molecule has 1 unspecified atom stereocenters. The van der Waals surface area contributed by atoms with E-state index in [0.717, 1.165) is 25.3 Å². The molecule has 1 aromatic heterocycles. The lowest BCUT2D eigenvalue weighted by Gasteiger charge is -2.59. The van der Waals surface area contributed by atoms with Gasteiger partial charge in [0.1, 0.15) is 17.5 Å². The fourth-order valence-corrected chi connectivity index (χ4v) is 6.74. The van der Waals surface area contributed by atoms with E-state index in [0.29, 0.717) is 34.8 Å². The SMILES string of the molecule is N#Cc1cnc(NCc2cccc3c2OC(F)(F)O3)nc1NC[C@]12CC3C[C@H](C1)[C@@H](N)[C@@H](C3)C2. The van der Waals surface area contributed by atoms with Crippen molar-refractivity contribution in [1.82, 2.24) is 9.97 Å². The smallest absolute Gasteiger partial charge is 0.395 e. The number of hydrogen-bond donors (Lipinski definition) is 3. The largest absolute Gasteiger partial charge is 0.586 e.